The molecule has 20 heavy (non-hydrogen) atoms. The molecule has 0 unspecified atom stereocenters. The second-order valence-electron chi connectivity index (χ2n) is 4.96. The summed E-state index contributed by atoms with van der Waals surface area (Å²) in [5.74, 6) is 0.528. The number of amides is 1. The Morgan fingerprint density at radius 1 is 1.35 bits per heavy atom. The van der Waals surface area contributed by atoms with Crippen LogP contribution < -0.4 is 16.4 Å². The van der Waals surface area contributed by atoms with E-state index in [4.69, 9.17) is 5.73 Å². The van der Waals surface area contributed by atoms with Gasteiger partial charge in [-0.3, -0.25) is 4.79 Å². The highest BCUT2D eigenvalue weighted by Gasteiger charge is 2.02. The first-order chi connectivity index (χ1) is 9.61. The number of carbonyl (C=O) groups excluding carboxylic acids is 1. The summed E-state index contributed by atoms with van der Waals surface area (Å²) in [6, 6.07) is 3.72. The van der Waals surface area contributed by atoms with E-state index in [2.05, 4.69) is 34.6 Å². The molecule has 0 fully saturated rings. The average molecular weight is 279 g/mol. The highest BCUT2D eigenvalue weighted by molar-refractivity contribution is 5.89. The number of rotatable bonds is 9. The summed E-state index contributed by atoms with van der Waals surface area (Å²) in [4.78, 5) is 17.9. The minimum absolute atomic E-state index is 0.0466. The zero-order chi connectivity index (χ0) is 14.8. The van der Waals surface area contributed by atoms with Crippen molar-refractivity contribution in [1.29, 1.82) is 0 Å². The molecule has 0 radical (unpaired) electrons. The van der Waals surface area contributed by atoms with Crippen molar-refractivity contribution in [2.24, 2.45) is 5.73 Å². The van der Waals surface area contributed by atoms with Crippen LogP contribution >= 0.6 is 0 Å². The van der Waals surface area contributed by atoms with E-state index in [-0.39, 0.29) is 5.91 Å². The van der Waals surface area contributed by atoms with E-state index in [0.29, 0.717) is 25.2 Å². The van der Waals surface area contributed by atoms with Gasteiger partial charge in [0.1, 0.15) is 5.82 Å². The third-order valence-electron chi connectivity index (χ3n) is 2.75. The largest absolute Gasteiger partial charge is 0.384 e. The van der Waals surface area contributed by atoms with E-state index < -0.39 is 0 Å². The number of nitrogens with two attached hydrogens (primary N) is 1. The highest BCUT2D eigenvalue weighted by Crippen LogP contribution is 2.10. The summed E-state index contributed by atoms with van der Waals surface area (Å²) in [6.45, 7) is 2.48. The second kappa shape index (κ2) is 9.28. The first kappa shape index (κ1) is 16.4. The topological polar surface area (TPSA) is 83.3 Å². The molecule has 6 nitrogen and oxygen atoms in total. The smallest absolute Gasteiger partial charge is 0.225 e. The molecule has 0 aliphatic heterocycles. The van der Waals surface area contributed by atoms with Crippen LogP contribution in [0.5, 0.6) is 0 Å². The van der Waals surface area contributed by atoms with Crippen molar-refractivity contribution in [2.75, 3.05) is 44.4 Å². The number of hydrogen-bond donors (Lipinski definition) is 3. The van der Waals surface area contributed by atoms with Crippen molar-refractivity contribution < 1.29 is 4.79 Å². The van der Waals surface area contributed by atoms with Gasteiger partial charge in [-0.05, 0) is 52.2 Å². The van der Waals surface area contributed by atoms with Gasteiger partial charge in [0.25, 0.3) is 0 Å². The maximum atomic E-state index is 11.5. The van der Waals surface area contributed by atoms with E-state index in [9.17, 15) is 4.79 Å². The summed E-state index contributed by atoms with van der Waals surface area (Å²) in [6.07, 6.45) is 3.93. The van der Waals surface area contributed by atoms with Crippen molar-refractivity contribution in [3.8, 4) is 0 Å². The Balaban J connectivity index is 2.31. The standard InChI is InChI=1S/C14H25N5O/c1-19(2)10-4-9-16-12-6-7-13(17-11-12)18-14(20)5-3-8-15/h6-7,11,16H,3-5,8-10,15H2,1-2H3,(H,17,18,20). The van der Waals surface area contributed by atoms with Crippen molar-refractivity contribution in [3.63, 3.8) is 0 Å². The molecule has 1 aromatic heterocycles. The van der Waals surface area contributed by atoms with Crippen LogP contribution in [0.25, 0.3) is 0 Å². The van der Waals surface area contributed by atoms with Crippen LogP contribution in [0.3, 0.4) is 0 Å². The molecule has 4 N–H and O–H groups in total. The lowest BCUT2D eigenvalue weighted by atomic mass is 10.3. The number of aromatic nitrogens is 1. The quantitative estimate of drug-likeness (QED) is 0.590. The normalized spacial score (nSPS) is 10.6. The maximum absolute atomic E-state index is 11.5. The third-order valence-corrected chi connectivity index (χ3v) is 2.75. The predicted octanol–water partition coefficient (Wildman–Crippen LogP) is 1.12. The zero-order valence-electron chi connectivity index (χ0n) is 12.4. The molecule has 0 aliphatic rings. The molecule has 0 spiro atoms. The average Bonchev–Trinajstić information content (AvgIpc) is 2.43. The molecular weight excluding hydrogens is 254 g/mol. The van der Waals surface area contributed by atoms with Crippen LogP contribution in [0.15, 0.2) is 18.3 Å². The Morgan fingerprint density at radius 3 is 2.75 bits per heavy atom. The summed E-state index contributed by atoms with van der Waals surface area (Å²) in [5.41, 5.74) is 6.32. The van der Waals surface area contributed by atoms with Gasteiger partial charge in [-0.2, -0.15) is 0 Å². The van der Waals surface area contributed by atoms with Gasteiger partial charge in [0.2, 0.25) is 5.91 Å². The lowest BCUT2D eigenvalue weighted by Gasteiger charge is -2.11. The zero-order valence-corrected chi connectivity index (χ0v) is 12.4. The molecule has 0 aliphatic carbocycles. The molecule has 1 rings (SSSR count). The fourth-order valence-corrected chi connectivity index (χ4v) is 1.67. The van der Waals surface area contributed by atoms with Gasteiger partial charge >= 0.3 is 0 Å². The fraction of sp³-hybridized carbons (Fsp3) is 0.571. The van der Waals surface area contributed by atoms with Crippen molar-refractivity contribution >= 4 is 17.4 Å². The summed E-state index contributed by atoms with van der Waals surface area (Å²) in [5, 5.41) is 6.04. The van der Waals surface area contributed by atoms with E-state index in [1.54, 1.807) is 12.3 Å². The number of hydrogen-bond acceptors (Lipinski definition) is 5. The Kier molecular flexibility index (Phi) is 7.60. The van der Waals surface area contributed by atoms with Gasteiger partial charge in [0.15, 0.2) is 0 Å². The SMILES string of the molecule is CN(C)CCCNc1ccc(NC(=O)CCCN)nc1. The summed E-state index contributed by atoms with van der Waals surface area (Å²) >= 11 is 0. The van der Waals surface area contributed by atoms with Crippen LogP contribution in [-0.4, -0.2) is 49.5 Å². The Bertz CT molecular complexity index is 391. The second-order valence-corrected chi connectivity index (χ2v) is 4.96. The monoisotopic (exact) mass is 279 g/mol. The van der Waals surface area contributed by atoms with E-state index >= 15 is 0 Å². The fourth-order valence-electron chi connectivity index (χ4n) is 1.67. The Labute approximate surface area is 120 Å². The predicted molar refractivity (Wildman–Crippen MR) is 82.8 cm³/mol. The minimum atomic E-state index is -0.0466. The number of carbonyl (C=O) groups is 1. The summed E-state index contributed by atoms with van der Waals surface area (Å²) < 4.78 is 0. The van der Waals surface area contributed by atoms with E-state index in [1.165, 1.54) is 0 Å². The van der Waals surface area contributed by atoms with Gasteiger partial charge in [0, 0.05) is 13.0 Å². The highest BCUT2D eigenvalue weighted by atomic mass is 16.1. The number of nitrogens with zero attached hydrogens (tertiary/aromatic N) is 2. The summed E-state index contributed by atoms with van der Waals surface area (Å²) in [7, 11) is 4.12. The molecule has 1 amide bonds. The van der Waals surface area contributed by atoms with Crippen molar-refractivity contribution in [2.45, 2.75) is 19.3 Å². The third kappa shape index (κ3) is 7.06. The van der Waals surface area contributed by atoms with Gasteiger partial charge in [-0.25, -0.2) is 4.98 Å². The van der Waals surface area contributed by atoms with Crippen LogP contribution in [-0.2, 0) is 4.79 Å². The van der Waals surface area contributed by atoms with E-state index in [1.807, 2.05) is 6.07 Å². The number of anilines is 2. The lowest BCUT2D eigenvalue weighted by Crippen LogP contribution is -2.16. The maximum Gasteiger partial charge on any atom is 0.225 e. The molecule has 112 valence electrons. The van der Waals surface area contributed by atoms with Crippen LogP contribution in [0, 0.1) is 0 Å². The van der Waals surface area contributed by atoms with Gasteiger partial charge in [-0.1, -0.05) is 0 Å². The van der Waals surface area contributed by atoms with Crippen LogP contribution in [0.2, 0.25) is 0 Å². The van der Waals surface area contributed by atoms with Gasteiger partial charge < -0.3 is 21.3 Å². The molecule has 6 heteroatoms. The van der Waals surface area contributed by atoms with Gasteiger partial charge in [-0.15, -0.1) is 0 Å². The molecule has 0 aromatic carbocycles. The first-order valence-electron chi connectivity index (χ1n) is 6.96. The molecule has 0 bridgehead atoms. The Morgan fingerprint density at radius 2 is 2.15 bits per heavy atom. The molecule has 0 saturated carbocycles. The lowest BCUT2D eigenvalue weighted by molar-refractivity contribution is -0.116. The van der Waals surface area contributed by atoms with Crippen LogP contribution in [0.1, 0.15) is 19.3 Å². The van der Waals surface area contributed by atoms with Crippen molar-refractivity contribution in [3.05, 3.63) is 18.3 Å². The molecular formula is C14H25N5O. The number of pyridine rings is 1. The van der Waals surface area contributed by atoms with Gasteiger partial charge in [0.05, 0.1) is 11.9 Å². The first-order valence-corrected chi connectivity index (χ1v) is 6.96. The Hall–Kier alpha value is -1.66. The minimum Gasteiger partial charge on any atom is -0.384 e. The molecule has 1 heterocycles. The van der Waals surface area contributed by atoms with Crippen molar-refractivity contribution in [1.82, 2.24) is 9.88 Å². The molecule has 0 atom stereocenters. The molecule has 0 saturated heterocycles. The van der Waals surface area contributed by atoms with E-state index in [0.717, 1.165) is 25.2 Å². The molecule has 1 aromatic rings. The van der Waals surface area contributed by atoms with Crippen LogP contribution in [0.4, 0.5) is 11.5 Å². The number of nitrogens with one attached hydrogen (secondary N) is 2.